The van der Waals surface area contributed by atoms with Crippen LogP contribution in [0.5, 0.6) is 0 Å². The third kappa shape index (κ3) is 3.33. The molecule has 4 N–H and O–H groups in total. The Morgan fingerprint density at radius 2 is 2.30 bits per heavy atom. The van der Waals surface area contributed by atoms with Gasteiger partial charge in [0.1, 0.15) is 0 Å². The molecule has 0 aromatic carbocycles. The van der Waals surface area contributed by atoms with Crippen molar-refractivity contribution in [2.24, 2.45) is 5.73 Å². The average Bonchev–Trinajstić information content (AvgIpc) is 2.98. The number of thioether (sulfide) groups is 1. The van der Waals surface area contributed by atoms with Gasteiger partial charge >= 0.3 is 0 Å². The summed E-state index contributed by atoms with van der Waals surface area (Å²) in [6.07, 6.45) is 0. The number of carbonyl (C=O) groups excluding carboxylic acids is 1. The number of carbonyl (C=O) groups is 1. The van der Waals surface area contributed by atoms with Crippen molar-refractivity contribution in [2.75, 3.05) is 17.6 Å². The molecule has 0 saturated carbocycles. The first-order valence-corrected chi connectivity index (χ1v) is 7.00. The molecular weight excluding hydrogens is 280 g/mol. The molecule has 0 bridgehead atoms. The highest BCUT2D eigenvalue weighted by Gasteiger charge is 2.13. The maximum absolute atomic E-state index is 11.9. The van der Waals surface area contributed by atoms with E-state index in [1.807, 2.05) is 13.8 Å². The summed E-state index contributed by atoms with van der Waals surface area (Å²) in [5.41, 5.74) is 7.76. The lowest BCUT2D eigenvalue weighted by Gasteiger charge is -2.05. The fraction of sp³-hybridized carbons (Fsp3) is 0.500. The number of hydrogen-bond acceptors (Lipinski definition) is 7. The lowest BCUT2D eigenvalue weighted by molar-refractivity contribution is -0.113. The van der Waals surface area contributed by atoms with Crippen molar-refractivity contribution in [1.82, 2.24) is 30.4 Å². The minimum absolute atomic E-state index is 0.134. The van der Waals surface area contributed by atoms with Crippen LogP contribution in [0, 0.1) is 13.8 Å². The van der Waals surface area contributed by atoms with Crippen LogP contribution in [-0.4, -0.2) is 48.6 Å². The van der Waals surface area contributed by atoms with E-state index in [9.17, 15) is 4.79 Å². The van der Waals surface area contributed by atoms with E-state index >= 15 is 0 Å². The predicted molar refractivity (Wildman–Crippen MR) is 74.3 cm³/mol. The van der Waals surface area contributed by atoms with Crippen LogP contribution < -0.4 is 11.1 Å². The number of aryl methyl sites for hydroxylation is 2. The van der Waals surface area contributed by atoms with Crippen LogP contribution in [0.4, 0.5) is 5.69 Å². The minimum atomic E-state index is -0.134. The first-order chi connectivity index (χ1) is 9.61. The van der Waals surface area contributed by atoms with E-state index in [4.69, 9.17) is 5.73 Å². The van der Waals surface area contributed by atoms with Gasteiger partial charge in [-0.3, -0.25) is 9.89 Å². The van der Waals surface area contributed by atoms with Gasteiger partial charge in [0.2, 0.25) is 11.1 Å². The highest BCUT2D eigenvalue weighted by atomic mass is 32.2. The molecule has 108 valence electrons. The van der Waals surface area contributed by atoms with Crippen molar-refractivity contribution < 1.29 is 4.79 Å². The van der Waals surface area contributed by atoms with Gasteiger partial charge in [-0.1, -0.05) is 11.8 Å². The second-order valence-electron chi connectivity index (χ2n) is 4.12. The van der Waals surface area contributed by atoms with Crippen LogP contribution in [0.25, 0.3) is 0 Å². The van der Waals surface area contributed by atoms with Crippen LogP contribution in [0.3, 0.4) is 0 Å². The normalized spacial score (nSPS) is 10.8. The van der Waals surface area contributed by atoms with E-state index in [1.165, 1.54) is 11.8 Å². The largest absolute Gasteiger partial charge is 0.329 e. The summed E-state index contributed by atoms with van der Waals surface area (Å²) in [6.45, 7) is 4.65. The Kier molecular flexibility index (Phi) is 4.69. The number of anilines is 1. The smallest absolute Gasteiger partial charge is 0.234 e. The standard InChI is InChI=1S/C10H16N8OS/c1-6-9(7(2)14-13-6)12-8(19)5-20-10-15-16-17-18(10)4-3-11/h3-5,11H2,1-2H3,(H,12,19)(H,13,14). The molecule has 20 heavy (non-hydrogen) atoms. The summed E-state index contributed by atoms with van der Waals surface area (Å²) in [5.74, 6) is 0.0829. The lowest BCUT2D eigenvalue weighted by atomic mass is 10.3. The Morgan fingerprint density at radius 1 is 1.50 bits per heavy atom. The maximum atomic E-state index is 11.9. The van der Waals surface area contributed by atoms with E-state index in [2.05, 4.69) is 31.0 Å². The minimum Gasteiger partial charge on any atom is -0.329 e. The van der Waals surface area contributed by atoms with Crippen LogP contribution in [0.15, 0.2) is 5.16 Å². The van der Waals surface area contributed by atoms with Gasteiger partial charge in [0.15, 0.2) is 0 Å². The Bertz CT molecular complexity index is 572. The molecular formula is C10H16N8OS. The molecule has 2 aromatic heterocycles. The van der Waals surface area contributed by atoms with Crippen molar-refractivity contribution >= 4 is 23.4 Å². The summed E-state index contributed by atoms with van der Waals surface area (Å²) in [7, 11) is 0. The van der Waals surface area contributed by atoms with Crippen LogP contribution in [0.2, 0.25) is 0 Å². The molecule has 0 aliphatic heterocycles. The molecule has 0 unspecified atom stereocenters. The zero-order valence-corrected chi connectivity index (χ0v) is 12.1. The highest BCUT2D eigenvalue weighted by Crippen LogP contribution is 2.18. The Balaban J connectivity index is 1.91. The van der Waals surface area contributed by atoms with Gasteiger partial charge in [-0.25, -0.2) is 4.68 Å². The van der Waals surface area contributed by atoms with E-state index in [0.29, 0.717) is 18.2 Å². The van der Waals surface area contributed by atoms with Gasteiger partial charge < -0.3 is 11.1 Å². The second-order valence-corrected chi connectivity index (χ2v) is 5.06. The summed E-state index contributed by atoms with van der Waals surface area (Å²) >= 11 is 1.26. The molecule has 0 aliphatic carbocycles. The van der Waals surface area contributed by atoms with Crippen LogP contribution in [-0.2, 0) is 11.3 Å². The first kappa shape index (κ1) is 14.5. The second kappa shape index (κ2) is 6.48. The number of rotatable bonds is 6. The van der Waals surface area contributed by atoms with E-state index in [1.54, 1.807) is 4.68 Å². The van der Waals surface area contributed by atoms with Crippen LogP contribution >= 0.6 is 11.8 Å². The van der Waals surface area contributed by atoms with E-state index < -0.39 is 0 Å². The number of nitrogens with two attached hydrogens (primary N) is 1. The number of nitrogens with one attached hydrogen (secondary N) is 2. The third-order valence-electron chi connectivity index (χ3n) is 2.56. The van der Waals surface area contributed by atoms with Gasteiger partial charge in [0.25, 0.3) is 0 Å². The van der Waals surface area contributed by atoms with Crippen molar-refractivity contribution in [3.63, 3.8) is 0 Å². The Morgan fingerprint density at radius 3 is 2.95 bits per heavy atom. The van der Waals surface area contributed by atoms with E-state index in [0.717, 1.165) is 17.1 Å². The van der Waals surface area contributed by atoms with Crippen LogP contribution in [0.1, 0.15) is 11.4 Å². The topological polar surface area (TPSA) is 127 Å². The molecule has 10 heteroatoms. The fourth-order valence-electron chi connectivity index (χ4n) is 1.60. The van der Waals surface area contributed by atoms with Crippen molar-refractivity contribution in [2.45, 2.75) is 25.5 Å². The number of tetrazole rings is 1. The molecule has 9 nitrogen and oxygen atoms in total. The number of aromatic amines is 1. The van der Waals surface area contributed by atoms with Gasteiger partial charge in [0, 0.05) is 6.54 Å². The molecule has 0 spiro atoms. The van der Waals surface area contributed by atoms with Crippen molar-refractivity contribution in [1.29, 1.82) is 0 Å². The zero-order chi connectivity index (χ0) is 14.5. The summed E-state index contributed by atoms with van der Waals surface area (Å²) in [4.78, 5) is 11.9. The fourth-order valence-corrected chi connectivity index (χ4v) is 2.31. The molecule has 2 aromatic rings. The van der Waals surface area contributed by atoms with Gasteiger partial charge in [-0.05, 0) is 24.3 Å². The highest BCUT2D eigenvalue weighted by molar-refractivity contribution is 7.99. The maximum Gasteiger partial charge on any atom is 0.234 e. The average molecular weight is 296 g/mol. The third-order valence-corrected chi connectivity index (χ3v) is 3.52. The van der Waals surface area contributed by atoms with Crippen molar-refractivity contribution in [3.8, 4) is 0 Å². The molecule has 0 saturated heterocycles. The molecule has 2 rings (SSSR count). The van der Waals surface area contributed by atoms with Gasteiger partial charge in [-0.2, -0.15) is 5.10 Å². The zero-order valence-electron chi connectivity index (χ0n) is 11.3. The molecule has 0 aliphatic rings. The van der Waals surface area contributed by atoms with E-state index in [-0.39, 0.29) is 11.7 Å². The van der Waals surface area contributed by atoms with Crippen molar-refractivity contribution in [3.05, 3.63) is 11.4 Å². The SMILES string of the molecule is Cc1n[nH]c(C)c1NC(=O)CSc1nnnn1CCN. The van der Waals surface area contributed by atoms with Gasteiger partial charge in [-0.15, -0.1) is 5.10 Å². The number of nitrogens with zero attached hydrogens (tertiary/aromatic N) is 5. The summed E-state index contributed by atoms with van der Waals surface area (Å²) in [5, 5.41) is 21.4. The number of amides is 1. The molecule has 0 atom stereocenters. The monoisotopic (exact) mass is 296 g/mol. The summed E-state index contributed by atoms with van der Waals surface area (Å²) < 4.78 is 1.58. The number of hydrogen-bond donors (Lipinski definition) is 3. The predicted octanol–water partition coefficient (Wildman–Crippen LogP) is -0.297. The number of H-pyrrole nitrogens is 1. The molecule has 2 heterocycles. The quantitative estimate of drug-likeness (QED) is 0.624. The molecule has 0 radical (unpaired) electrons. The molecule has 1 amide bonds. The first-order valence-electron chi connectivity index (χ1n) is 6.02. The Labute approximate surface area is 119 Å². The lowest BCUT2D eigenvalue weighted by Crippen LogP contribution is -2.16. The van der Waals surface area contributed by atoms with Gasteiger partial charge in [0.05, 0.1) is 29.4 Å². The molecule has 0 fully saturated rings. The summed E-state index contributed by atoms with van der Waals surface area (Å²) in [6, 6.07) is 0. The number of aromatic nitrogens is 6. The Hall–Kier alpha value is -1.94.